The summed E-state index contributed by atoms with van der Waals surface area (Å²) in [7, 11) is 5.63. The number of carbonyl (C=O) groups excluding carboxylic acids is 1. The minimum absolute atomic E-state index is 0.0226. The Morgan fingerprint density at radius 3 is 2.61 bits per heavy atom. The van der Waals surface area contributed by atoms with Crippen molar-refractivity contribution >= 4 is 5.91 Å². The molecule has 0 saturated carbocycles. The third-order valence-corrected chi connectivity index (χ3v) is 4.76. The Bertz CT molecular complexity index is 766. The zero-order chi connectivity index (χ0) is 19.9. The first-order valence-electron chi connectivity index (χ1n) is 9.46. The van der Waals surface area contributed by atoms with E-state index in [0.29, 0.717) is 24.7 Å². The van der Waals surface area contributed by atoms with Crippen LogP contribution in [-0.2, 0) is 9.53 Å². The van der Waals surface area contributed by atoms with Gasteiger partial charge in [0.25, 0.3) is 5.91 Å². The third kappa shape index (κ3) is 5.03. The van der Waals surface area contributed by atoms with Gasteiger partial charge in [-0.05, 0) is 31.8 Å². The molecule has 3 rings (SSSR count). The van der Waals surface area contributed by atoms with E-state index < -0.39 is 0 Å². The van der Waals surface area contributed by atoms with Gasteiger partial charge in [0.1, 0.15) is 11.5 Å². The number of hydrogen-bond acceptors (Lipinski definition) is 5. The van der Waals surface area contributed by atoms with Gasteiger partial charge in [0.05, 0.1) is 25.9 Å². The van der Waals surface area contributed by atoms with Crippen LogP contribution in [0.4, 0.5) is 0 Å². The van der Waals surface area contributed by atoms with Crippen LogP contribution in [0.15, 0.2) is 54.6 Å². The summed E-state index contributed by atoms with van der Waals surface area (Å²) in [5, 5.41) is 0. The molecule has 1 heterocycles. The van der Waals surface area contributed by atoms with Crippen LogP contribution in [0, 0.1) is 0 Å². The highest BCUT2D eigenvalue weighted by Crippen LogP contribution is 2.30. The van der Waals surface area contributed by atoms with Crippen LogP contribution >= 0.6 is 0 Å². The van der Waals surface area contributed by atoms with Crippen molar-refractivity contribution in [2.45, 2.75) is 12.1 Å². The van der Waals surface area contributed by atoms with E-state index in [4.69, 9.17) is 14.2 Å². The molecule has 6 heteroatoms. The van der Waals surface area contributed by atoms with E-state index in [0.717, 1.165) is 12.1 Å². The molecule has 0 unspecified atom stereocenters. The number of rotatable bonds is 7. The molecule has 1 aliphatic heterocycles. The number of methoxy groups -OCH3 is 1. The van der Waals surface area contributed by atoms with Crippen LogP contribution in [0.25, 0.3) is 0 Å². The molecule has 150 valence electrons. The molecule has 0 aliphatic carbocycles. The SMILES string of the molecule is COc1cccc(OCC(=O)N2CCO[C@@H](CN(C)C)[C@@H]2c2ccccc2)c1. The second-order valence-corrected chi connectivity index (χ2v) is 7.08. The lowest BCUT2D eigenvalue weighted by Gasteiger charge is -2.42. The minimum Gasteiger partial charge on any atom is -0.497 e. The number of carbonyl (C=O) groups is 1. The van der Waals surface area contributed by atoms with Crippen LogP contribution in [0.2, 0.25) is 0 Å². The van der Waals surface area contributed by atoms with Crippen molar-refractivity contribution in [3.05, 3.63) is 60.2 Å². The van der Waals surface area contributed by atoms with Crippen molar-refractivity contribution in [1.82, 2.24) is 9.80 Å². The summed E-state index contributed by atoms with van der Waals surface area (Å²) < 4.78 is 17.0. The lowest BCUT2D eigenvalue weighted by atomic mass is 9.97. The third-order valence-electron chi connectivity index (χ3n) is 4.76. The minimum atomic E-state index is -0.140. The van der Waals surface area contributed by atoms with E-state index >= 15 is 0 Å². The van der Waals surface area contributed by atoms with E-state index in [1.807, 2.05) is 67.5 Å². The first-order valence-corrected chi connectivity index (χ1v) is 9.46. The normalized spacial score (nSPS) is 19.5. The molecule has 2 aromatic rings. The fraction of sp³-hybridized carbons (Fsp3) is 0.409. The van der Waals surface area contributed by atoms with Crippen LogP contribution in [0.5, 0.6) is 11.5 Å². The van der Waals surface area contributed by atoms with Crippen LogP contribution in [0.1, 0.15) is 11.6 Å². The van der Waals surface area contributed by atoms with Crippen molar-refractivity contribution in [2.75, 3.05) is 47.5 Å². The lowest BCUT2D eigenvalue weighted by molar-refractivity contribution is -0.150. The molecular weight excluding hydrogens is 356 g/mol. The molecule has 0 spiro atoms. The van der Waals surface area contributed by atoms with E-state index in [1.165, 1.54) is 0 Å². The molecule has 0 radical (unpaired) electrons. The average Bonchev–Trinajstić information content (AvgIpc) is 2.72. The summed E-state index contributed by atoms with van der Waals surface area (Å²) in [6, 6.07) is 17.2. The number of amides is 1. The van der Waals surface area contributed by atoms with E-state index in [1.54, 1.807) is 13.2 Å². The summed E-state index contributed by atoms with van der Waals surface area (Å²) in [5.74, 6) is 1.26. The summed E-state index contributed by atoms with van der Waals surface area (Å²) in [5.41, 5.74) is 1.07. The molecular formula is C22H28N2O4. The number of morpholine rings is 1. The highest BCUT2D eigenvalue weighted by molar-refractivity contribution is 5.78. The largest absolute Gasteiger partial charge is 0.497 e. The Labute approximate surface area is 166 Å². The van der Waals surface area contributed by atoms with Gasteiger partial charge in [0.2, 0.25) is 0 Å². The quantitative estimate of drug-likeness (QED) is 0.735. The molecule has 0 bridgehead atoms. The van der Waals surface area contributed by atoms with Gasteiger partial charge in [0.15, 0.2) is 6.61 Å². The van der Waals surface area contributed by atoms with Gasteiger partial charge in [-0.1, -0.05) is 36.4 Å². The maximum atomic E-state index is 13.0. The van der Waals surface area contributed by atoms with Crippen molar-refractivity contribution in [3.63, 3.8) is 0 Å². The maximum absolute atomic E-state index is 13.0. The molecule has 1 aliphatic rings. The maximum Gasteiger partial charge on any atom is 0.261 e. The Morgan fingerprint density at radius 1 is 1.14 bits per heavy atom. The zero-order valence-electron chi connectivity index (χ0n) is 16.7. The molecule has 1 amide bonds. The fourth-order valence-electron chi connectivity index (χ4n) is 3.49. The summed E-state index contributed by atoms with van der Waals surface area (Å²) in [6.45, 7) is 1.78. The molecule has 1 fully saturated rings. The highest BCUT2D eigenvalue weighted by Gasteiger charge is 2.36. The molecule has 0 aromatic heterocycles. The van der Waals surface area contributed by atoms with Crippen LogP contribution in [0.3, 0.4) is 0 Å². The van der Waals surface area contributed by atoms with Gasteiger partial charge < -0.3 is 24.0 Å². The monoisotopic (exact) mass is 384 g/mol. The molecule has 6 nitrogen and oxygen atoms in total. The van der Waals surface area contributed by atoms with Gasteiger partial charge in [-0.3, -0.25) is 4.79 Å². The molecule has 0 N–H and O–H groups in total. The Kier molecular flexibility index (Phi) is 6.90. The predicted octanol–water partition coefficient (Wildman–Crippen LogP) is 2.60. The molecule has 28 heavy (non-hydrogen) atoms. The number of ether oxygens (including phenoxy) is 3. The van der Waals surface area contributed by atoms with Gasteiger partial charge in [-0.25, -0.2) is 0 Å². The Balaban J connectivity index is 1.75. The van der Waals surface area contributed by atoms with Crippen molar-refractivity contribution in [2.24, 2.45) is 0 Å². The van der Waals surface area contributed by atoms with E-state index in [9.17, 15) is 4.79 Å². The van der Waals surface area contributed by atoms with Gasteiger partial charge in [0, 0.05) is 19.2 Å². The van der Waals surface area contributed by atoms with Gasteiger partial charge >= 0.3 is 0 Å². The topological polar surface area (TPSA) is 51.2 Å². The Morgan fingerprint density at radius 2 is 1.89 bits per heavy atom. The second-order valence-electron chi connectivity index (χ2n) is 7.08. The molecule has 1 saturated heterocycles. The summed E-state index contributed by atoms with van der Waals surface area (Å²) in [6.07, 6.45) is -0.0908. The number of benzene rings is 2. The number of hydrogen-bond donors (Lipinski definition) is 0. The van der Waals surface area contributed by atoms with Gasteiger partial charge in [-0.2, -0.15) is 0 Å². The summed E-state index contributed by atoms with van der Waals surface area (Å²) >= 11 is 0. The second kappa shape index (κ2) is 9.57. The lowest BCUT2D eigenvalue weighted by Crippen LogP contribution is -2.52. The molecule has 2 atom stereocenters. The first kappa shape index (κ1) is 20.2. The fourth-order valence-corrected chi connectivity index (χ4v) is 3.49. The molecule has 2 aromatic carbocycles. The van der Waals surface area contributed by atoms with Crippen LogP contribution in [-0.4, -0.2) is 69.3 Å². The van der Waals surface area contributed by atoms with E-state index in [-0.39, 0.29) is 24.7 Å². The average molecular weight is 384 g/mol. The first-order chi connectivity index (χ1) is 13.6. The number of likely N-dealkylation sites (N-methyl/N-ethyl adjacent to an activating group) is 1. The summed E-state index contributed by atoms with van der Waals surface area (Å²) in [4.78, 5) is 17.0. The van der Waals surface area contributed by atoms with Crippen molar-refractivity contribution < 1.29 is 19.0 Å². The van der Waals surface area contributed by atoms with Crippen molar-refractivity contribution in [3.8, 4) is 11.5 Å². The highest BCUT2D eigenvalue weighted by atomic mass is 16.5. The predicted molar refractivity (Wildman–Crippen MR) is 108 cm³/mol. The smallest absolute Gasteiger partial charge is 0.261 e. The Hall–Kier alpha value is -2.57. The number of nitrogens with zero attached hydrogens (tertiary/aromatic N) is 2. The van der Waals surface area contributed by atoms with Gasteiger partial charge in [-0.15, -0.1) is 0 Å². The van der Waals surface area contributed by atoms with E-state index in [2.05, 4.69) is 4.90 Å². The standard InChI is InChI=1S/C22H28N2O4/c1-23(2)15-20-22(17-8-5-4-6-9-17)24(12-13-27-20)21(25)16-28-19-11-7-10-18(14-19)26-3/h4-11,14,20,22H,12-13,15-16H2,1-3H3/t20-,22-/m0/s1. The van der Waals surface area contributed by atoms with Crippen LogP contribution < -0.4 is 9.47 Å². The zero-order valence-corrected chi connectivity index (χ0v) is 16.7. The van der Waals surface area contributed by atoms with Crippen molar-refractivity contribution in [1.29, 1.82) is 0 Å².